The summed E-state index contributed by atoms with van der Waals surface area (Å²) in [6.45, 7) is 3.97. The zero-order valence-corrected chi connectivity index (χ0v) is 8.93. The zero-order valence-electron chi connectivity index (χ0n) is 8.93. The van der Waals surface area contributed by atoms with Crippen LogP contribution in [0, 0.1) is 18.3 Å². The van der Waals surface area contributed by atoms with Crippen molar-refractivity contribution in [2.45, 2.75) is 32.1 Å². The third-order valence-electron chi connectivity index (χ3n) is 2.37. The SMILES string of the molecule is C#CCCCNCCCOCC1CC1. The van der Waals surface area contributed by atoms with E-state index in [4.69, 9.17) is 11.2 Å². The molecule has 2 heteroatoms. The Hall–Kier alpha value is -0.520. The van der Waals surface area contributed by atoms with Gasteiger partial charge in [-0.05, 0) is 44.7 Å². The van der Waals surface area contributed by atoms with E-state index in [9.17, 15) is 0 Å². The van der Waals surface area contributed by atoms with Gasteiger partial charge in [0, 0.05) is 19.6 Å². The molecule has 0 aromatic carbocycles. The Labute approximate surface area is 87.4 Å². The van der Waals surface area contributed by atoms with Crippen LogP contribution >= 0.6 is 0 Å². The smallest absolute Gasteiger partial charge is 0.0494 e. The fraction of sp³-hybridized carbons (Fsp3) is 0.833. The van der Waals surface area contributed by atoms with Crippen molar-refractivity contribution in [3.05, 3.63) is 0 Å². The minimum absolute atomic E-state index is 0.880. The van der Waals surface area contributed by atoms with Crippen molar-refractivity contribution in [2.24, 2.45) is 5.92 Å². The van der Waals surface area contributed by atoms with Gasteiger partial charge < -0.3 is 10.1 Å². The predicted molar refractivity (Wildman–Crippen MR) is 59.1 cm³/mol. The number of unbranched alkanes of at least 4 members (excludes halogenated alkanes) is 1. The van der Waals surface area contributed by atoms with Gasteiger partial charge in [-0.3, -0.25) is 0 Å². The Bertz CT molecular complexity index is 170. The maximum Gasteiger partial charge on any atom is 0.0494 e. The molecule has 0 bridgehead atoms. The van der Waals surface area contributed by atoms with Crippen LogP contribution in [-0.2, 0) is 4.74 Å². The molecule has 0 amide bonds. The number of hydrogen-bond donors (Lipinski definition) is 1. The lowest BCUT2D eigenvalue weighted by Crippen LogP contribution is -2.18. The van der Waals surface area contributed by atoms with E-state index in [0.717, 1.165) is 51.5 Å². The summed E-state index contributed by atoms with van der Waals surface area (Å²) in [5, 5.41) is 3.35. The molecule has 14 heavy (non-hydrogen) atoms. The molecule has 1 aliphatic rings. The molecule has 1 aliphatic carbocycles. The highest BCUT2D eigenvalue weighted by Crippen LogP contribution is 2.28. The van der Waals surface area contributed by atoms with Crippen LogP contribution in [0.3, 0.4) is 0 Å². The molecule has 0 heterocycles. The maximum absolute atomic E-state index is 5.51. The van der Waals surface area contributed by atoms with Crippen molar-refractivity contribution in [3.63, 3.8) is 0 Å². The topological polar surface area (TPSA) is 21.3 Å². The van der Waals surface area contributed by atoms with Crippen LogP contribution in [0.4, 0.5) is 0 Å². The second-order valence-corrected chi connectivity index (χ2v) is 3.93. The third kappa shape index (κ3) is 6.94. The van der Waals surface area contributed by atoms with Gasteiger partial charge in [0.1, 0.15) is 0 Å². The molecular formula is C12H21NO. The van der Waals surface area contributed by atoms with Gasteiger partial charge in [0.25, 0.3) is 0 Å². The summed E-state index contributed by atoms with van der Waals surface area (Å²) in [7, 11) is 0. The summed E-state index contributed by atoms with van der Waals surface area (Å²) in [6, 6.07) is 0. The van der Waals surface area contributed by atoms with Crippen LogP contribution in [-0.4, -0.2) is 26.3 Å². The van der Waals surface area contributed by atoms with E-state index in [1.165, 1.54) is 12.8 Å². The highest BCUT2D eigenvalue weighted by atomic mass is 16.5. The standard InChI is InChI=1S/C12H21NO/c1-2-3-4-8-13-9-5-10-14-11-12-6-7-12/h1,12-13H,3-11H2. The van der Waals surface area contributed by atoms with Crippen molar-refractivity contribution in [1.82, 2.24) is 5.32 Å². The first kappa shape index (κ1) is 11.6. The summed E-state index contributed by atoms with van der Waals surface area (Å²) >= 11 is 0. The quantitative estimate of drug-likeness (QED) is 0.447. The van der Waals surface area contributed by atoms with Gasteiger partial charge in [0.05, 0.1) is 0 Å². The molecule has 1 saturated carbocycles. The Morgan fingerprint density at radius 1 is 1.29 bits per heavy atom. The molecule has 0 aromatic heterocycles. The van der Waals surface area contributed by atoms with Gasteiger partial charge in [-0.2, -0.15) is 0 Å². The minimum Gasteiger partial charge on any atom is -0.381 e. The molecule has 0 aromatic rings. The molecular weight excluding hydrogens is 174 g/mol. The first-order chi connectivity index (χ1) is 6.93. The van der Waals surface area contributed by atoms with E-state index in [1.807, 2.05) is 0 Å². The zero-order chi connectivity index (χ0) is 10.1. The molecule has 1 rings (SSSR count). The van der Waals surface area contributed by atoms with Crippen LogP contribution in [0.5, 0.6) is 0 Å². The van der Waals surface area contributed by atoms with Gasteiger partial charge in [-0.1, -0.05) is 0 Å². The molecule has 1 fully saturated rings. The van der Waals surface area contributed by atoms with Crippen LogP contribution < -0.4 is 5.32 Å². The molecule has 0 radical (unpaired) electrons. The van der Waals surface area contributed by atoms with E-state index < -0.39 is 0 Å². The number of rotatable bonds is 9. The molecule has 0 saturated heterocycles. The van der Waals surface area contributed by atoms with E-state index >= 15 is 0 Å². The number of hydrogen-bond acceptors (Lipinski definition) is 2. The summed E-state index contributed by atoms with van der Waals surface area (Å²) in [6.07, 6.45) is 11.0. The number of nitrogens with one attached hydrogen (secondary N) is 1. The van der Waals surface area contributed by atoms with E-state index in [-0.39, 0.29) is 0 Å². The predicted octanol–water partition coefficient (Wildman–Crippen LogP) is 1.81. The maximum atomic E-state index is 5.51. The molecule has 0 unspecified atom stereocenters. The minimum atomic E-state index is 0.880. The van der Waals surface area contributed by atoms with Crippen LogP contribution in [0.15, 0.2) is 0 Å². The fourth-order valence-electron chi connectivity index (χ4n) is 1.27. The second-order valence-electron chi connectivity index (χ2n) is 3.93. The largest absolute Gasteiger partial charge is 0.381 e. The van der Waals surface area contributed by atoms with Gasteiger partial charge in [0.15, 0.2) is 0 Å². The number of ether oxygens (including phenoxy) is 1. The highest BCUT2D eigenvalue weighted by molar-refractivity contribution is 4.83. The average Bonchev–Trinajstić information content (AvgIpc) is 2.99. The van der Waals surface area contributed by atoms with E-state index in [2.05, 4.69) is 11.2 Å². The molecule has 1 N–H and O–H groups in total. The normalized spacial score (nSPS) is 15.4. The summed E-state index contributed by atoms with van der Waals surface area (Å²) in [4.78, 5) is 0. The molecule has 0 spiro atoms. The summed E-state index contributed by atoms with van der Waals surface area (Å²) in [5.74, 6) is 3.52. The Balaban J connectivity index is 1.65. The van der Waals surface area contributed by atoms with Crippen LogP contribution in [0.1, 0.15) is 32.1 Å². The van der Waals surface area contributed by atoms with Gasteiger partial charge >= 0.3 is 0 Å². The Morgan fingerprint density at radius 2 is 2.07 bits per heavy atom. The van der Waals surface area contributed by atoms with Gasteiger partial charge in [0.2, 0.25) is 0 Å². The average molecular weight is 195 g/mol. The number of terminal acetylenes is 1. The lowest BCUT2D eigenvalue weighted by atomic mass is 10.3. The van der Waals surface area contributed by atoms with E-state index in [0.29, 0.717) is 0 Å². The third-order valence-corrected chi connectivity index (χ3v) is 2.37. The lowest BCUT2D eigenvalue weighted by molar-refractivity contribution is 0.122. The molecule has 0 atom stereocenters. The summed E-state index contributed by atoms with van der Waals surface area (Å²) in [5.41, 5.74) is 0. The van der Waals surface area contributed by atoms with Crippen molar-refractivity contribution in [3.8, 4) is 12.3 Å². The second kappa shape index (κ2) is 7.84. The van der Waals surface area contributed by atoms with Crippen molar-refractivity contribution in [1.29, 1.82) is 0 Å². The van der Waals surface area contributed by atoms with E-state index in [1.54, 1.807) is 0 Å². The highest BCUT2D eigenvalue weighted by Gasteiger charge is 2.20. The fourth-order valence-corrected chi connectivity index (χ4v) is 1.27. The van der Waals surface area contributed by atoms with Crippen molar-refractivity contribution >= 4 is 0 Å². The Kier molecular flexibility index (Phi) is 6.47. The van der Waals surface area contributed by atoms with Gasteiger partial charge in [-0.15, -0.1) is 12.3 Å². The van der Waals surface area contributed by atoms with Crippen LogP contribution in [0.25, 0.3) is 0 Å². The molecule has 80 valence electrons. The van der Waals surface area contributed by atoms with Crippen LogP contribution in [0.2, 0.25) is 0 Å². The molecule has 0 aliphatic heterocycles. The first-order valence-corrected chi connectivity index (χ1v) is 5.65. The lowest BCUT2D eigenvalue weighted by Gasteiger charge is -2.04. The first-order valence-electron chi connectivity index (χ1n) is 5.65. The van der Waals surface area contributed by atoms with Crippen molar-refractivity contribution in [2.75, 3.05) is 26.3 Å². The Morgan fingerprint density at radius 3 is 2.79 bits per heavy atom. The monoisotopic (exact) mass is 195 g/mol. The summed E-state index contributed by atoms with van der Waals surface area (Å²) < 4.78 is 5.51. The molecule has 2 nitrogen and oxygen atoms in total. The van der Waals surface area contributed by atoms with Gasteiger partial charge in [-0.25, -0.2) is 0 Å². The van der Waals surface area contributed by atoms with Crippen molar-refractivity contribution < 1.29 is 4.74 Å².